The second-order valence-corrected chi connectivity index (χ2v) is 6.50. The van der Waals surface area contributed by atoms with Crippen molar-refractivity contribution in [1.82, 2.24) is 10.3 Å². The Morgan fingerprint density at radius 2 is 2.33 bits per heavy atom. The molecule has 1 unspecified atom stereocenters. The molecule has 1 heterocycles. The van der Waals surface area contributed by atoms with Gasteiger partial charge < -0.3 is 11.1 Å². The third-order valence-corrected chi connectivity index (χ3v) is 5.09. The Bertz CT molecular complexity index is 661. The van der Waals surface area contributed by atoms with Crippen molar-refractivity contribution in [2.45, 2.75) is 25.4 Å². The molecule has 1 aliphatic carbocycles. The summed E-state index contributed by atoms with van der Waals surface area (Å²) in [5, 5.41) is 5.60. The van der Waals surface area contributed by atoms with Crippen LogP contribution in [0.1, 0.15) is 39.1 Å². The van der Waals surface area contributed by atoms with Gasteiger partial charge in [-0.1, -0.05) is 28.1 Å². The maximum Gasteiger partial charge on any atom is 0.271 e. The topological polar surface area (TPSA) is 68.0 Å². The minimum atomic E-state index is -0.126. The van der Waals surface area contributed by atoms with E-state index in [-0.39, 0.29) is 24.4 Å². The van der Waals surface area contributed by atoms with Crippen LogP contribution in [-0.4, -0.2) is 10.9 Å². The number of halogens is 2. The Balaban J connectivity index is 0.00000161. The van der Waals surface area contributed by atoms with Gasteiger partial charge in [0.2, 0.25) is 0 Å². The van der Waals surface area contributed by atoms with Gasteiger partial charge in [-0.25, -0.2) is 4.98 Å². The molecule has 1 aromatic heterocycles. The molecule has 0 bridgehead atoms. The molecule has 0 aliphatic heterocycles. The number of amides is 1. The first-order valence-electron chi connectivity index (χ1n) is 6.41. The normalized spacial score (nSPS) is 16.2. The zero-order valence-electron chi connectivity index (χ0n) is 11.1. The largest absolute Gasteiger partial charge is 0.344 e. The predicted octanol–water partition coefficient (Wildman–Crippen LogP) is 3.20. The Hall–Kier alpha value is -0.950. The summed E-state index contributed by atoms with van der Waals surface area (Å²) in [6.07, 6.45) is 1.91. The molecule has 2 aromatic rings. The molecule has 1 amide bonds. The summed E-state index contributed by atoms with van der Waals surface area (Å²) in [7, 11) is 0. The number of fused-ring (bicyclic) bond motifs is 1. The van der Waals surface area contributed by atoms with Crippen LogP contribution < -0.4 is 11.1 Å². The van der Waals surface area contributed by atoms with Crippen LogP contribution in [0.4, 0.5) is 0 Å². The maximum atomic E-state index is 12.2. The Labute approximate surface area is 141 Å². The lowest BCUT2D eigenvalue weighted by Crippen LogP contribution is -2.27. The fraction of sp³-hybridized carbons (Fsp3) is 0.286. The Morgan fingerprint density at radius 1 is 1.52 bits per heavy atom. The maximum absolute atomic E-state index is 12.2. The molecule has 1 atom stereocenters. The van der Waals surface area contributed by atoms with E-state index in [0.717, 1.165) is 22.3 Å². The number of carbonyl (C=O) groups is 1. The van der Waals surface area contributed by atoms with E-state index in [9.17, 15) is 4.79 Å². The van der Waals surface area contributed by atoms with Gasteiger partial charge in [-0.2, -0.15) is 0 Å². The summed E-state index contributed by atoms with van der Waals surface area (Å²) in [6.45, 7) is 0.372. The van der Waals surface area contributed by atoms with Crippen LogP contribution in [0.25, 0.3) is 0 Å². The van der Waals surface area contributed by atoms with E-state index in [1.54, 1.807) is 5.38 Å². The van der Waals surface area contributed by atoms with E-state index in [0.29, 0.717) is 12.2 Å². The van der Waals surface area contributed by atoms with E-state index in [4.69, 9.17) is 5.73 Å². The van der Waals surface area contributed by atoms with Crippen LogP contribution in [0.15, 0.2) is 28.1 Å². The summed E-state index contributed by atoms with van der Waals surface area (Å²) in [5.74, 6) is -0.126. The minimum Gasteiger partial charge on any atom is -0.344 e. The molecule has 0 fully saturated rings. The number of rotatable bonds is 3. The smallest absolute Gasteiger partial charge is 0.271 e. The Kier molecular flexibility index (Phi) is 5.37. The number of carbonyl (C=O) groups excluding carboxylic acids is 1. The van der Waals surface area contributed by atoms with Crippen LogP contribution in [0.5, 0.6) is 0 Å². The molecule has 0 spiro atoms. The number of nitrogens with two attached hydrogens (primary N) is 1. The van der Waals surface area contributed by atoms with Gasteiger partial charge in [0, 0.05) is 16.4 Å². The van der Waals surface area contributed by atoms with E-state index in [1.807, 2.05) is 12.1 Å². The lowest BCUT2D eigenvalue weighted by atomic mass is 10.1. The highest BCUT2D eigenvalue weighted by atomic mass is 79.9. The van der Waals surface area contributed by atoms with Crippen LogP contribution in [-0.2, 0) is 13.0 Å². The van der Waals surface area contributed by atoms with E-state index in [1.165, 1.54) is 22.5 Å². The number of thiazole rings is 1. The average Bonchev–Trinajstić information content (AvgIpc) is 3.07. The lowest BCUT2D eigenvalue weighted by Gasteiger charge is -2.13. The van der Waals surface area contributed by atoms with E-state index >= 15 is 0 Å². The number of benzene rings is 1. The lowest BCUT2D eigenvalue weighted by molar-refractivity contribution is 0.0932. The Morgan fingerprint density at radius 3 is 3.05 bits per heavy atom. The molecule has 3 rings (SSSR count). The van der Waals surface area contributed by atoms with Crippen molar-refractivity contribution in [3.63, 3.8) is 0 Å². The first kappa shape index (κ1) is 16.4. The fourth-order valence-corrected chi connectivity index (χ4v) is 3.74. The zero-order chi connectivity index (χ0) is 14.1. The van der Waals surface area contributed by atoms with Crippen molar-refractivity contribution in [3.05, 3.63) is 49.9 Å². The van der Waals surface area contributed by atoms with E-state index < -0.39 is 0 Å². The monoisotopic (exact) mass is 387 g/mol. The number of hydrogen-bond acceptors (Lipinski definition) is 4. The van der Waals surface area contributed by atoms with Crippen LogP contribution >= 0.6 is 39.7 Å². The molecule has 0 saturated carbocycles. The molecular weight excluding hydrogens is 374 g/mol. The van der Waals surface area contributed by atoms with Crippen LogP contribution in [0, 0.1) is 0 Å². The van der Waals surface area contributed by atoms with Crippen molar-refractivity contribution in [2.75, 3.05) is 0 Å². The number of aromatic nitrogens is 1. The van der Waals surface area contributed by atoms with Crippen molar-refractivity contribution in [1.29, 1.82) is 0 Å². The fourth-order valence-electron chi connectivity index (χ4n) is 2.50. The van der Waals surface area contributed by atoms with Gasteiger partial charge in [-0.15, -0.1) is 23.7 Å². The molecular formula is C14H15BrClN3OS. The highest BCUT2D eigenvalue weighted by Gasteiger charge is 2.26. The molecule has 1 aliphatic rings. The summed E-state index contributed by atoms with van der Waals surface area (Å²) < 4.78 is 1.12. The first-order valence-corrected chi connectivity index (χ1v) is 8.09. The second-order valence-electron chi connectivity index (χ2n) is 4.70. The molecule has 4 nitrogen and oxygen atoms in total. The van der Waals surface area contributed by atoms with Gasteiger partial charge in [0.05, 0.1) is 6.04 Å². The van der Waals surface area contributed by atoms with Gasteiger partial charge >= 0.3 is 0 Å². The zero-order valence-corrected chi connectivity index (χ0v) is 14.4. The first-order chi connectivity index (χ1) is 9.69. The molecule has 7 heteroatoms. The SMILES string of the molecule is Cl.NCc1nc(C(=O)NC2CCc3c(Br)cccc32)cs1. The van der Waals surface area contributed by atoms with Gasteiger partial charge in [-0.3, -0.25) is 4.79 Å². The van der Waals surface area contributed by atoms with Crippen LogP contribution in [0.2, 0.25) is 0 Å². The number of nitrogens with one attached hydrogen (secondary N) is 1. The summed E-state index contributed by atoms with van der Waals surface area (Å²) in [6, 6.07) is 6.18. The molecule has 112 valence electrons. The summed E-state index contributed by atoms with van der Waals surface area (Å²) in [5.41, 5.74) is 8.46. The van der Waals surface area contributed by atoms with Gasteiger partial charge in [0.25, 0.3) is 5.91 Å². The highest BCUT2D eigenvalue weighted by molar-refractivity contribution is 9.10. The summed E-state index contributed by atoms with van der Waals surface area (Å²) in [4.78, 5) is 16.4. The van der Waals surface area contributed by atoms with Gasteiger partial charge in [0.1, 0.15) is 10.7 Å². The molecule has 3 N–H and O–H groups in total. The predicted molar refractivity (Wildman–Crippen MR) is 89.9 cm³/mol. The van der Waals surface area contributed by atoms with Crippen molar-refractivity contribution < 1.29 is 4.79 Å². The number of hydrogen-bond donors (Lipinski definition) is 2. The molecule has 0 radical (unpaired) electrons. The van der Waals surface area contributed by atoms with Crippen LogP contribution in [0.3, 0.4) is 0 Å². The van der Waals surface area contributed by atoms with E-state index in [2.05, 4.69) is 32.3 Å². The van der Waals surface area contributed by atoms with Gasteiger partial charge in [-0.05, 0) is 30.0 Å². The average molecular weight is 389 g/mol. The van der Waals surface area contributed by atoms with Crippen molar-refractivity contribution in [3.8, 4) is 0 Å². The molecule has 21 heavy (non-hydrogen) atoms. The third-order valence-electron chi connectivity index (χ3n) is 3.48. The number of nitrogens with zero attached hydrogens (tertiary/aromatic N) is 1. The van der Waals surface area contributed by atoms with Crippen molar-refractivity contribution >= 4 is 45.6 Å². The second kappa shape index (κ2) is 6.87. The van der Waals surface area contributed by atoms with Gasteiger partial charge in [0.15, 0.2) is 0 Å². The third kappa shape index (κ3) is 3.29. The van der Waals surface area contributed by atoms with Crippen molar-refractivity contribution in [2.24, 2.45) is 5.73 Å². The molecule has 1 aromatic carbocycles. The molecule has 0 saturated heterocycles. The minimum absolute atomic E-state index is 0. The highest BCUT2D eigenvalue weighted by Crippen LogP contribution is 2.35. The quantitative estimate of drug-likeness (QED) is 0.848. The summed E-state index contributed by atoms with van der Waals surface area (Å²) >= 11 is 4.98. The standard InChI is InChI=1S/C14H14BrN3OS.ClH/c15-10-3-1-2-9-8(10)4-5-11(9)18-14(19)12-7-20-13(6-16)17-12;/h1-3,7,11H,4-6,16H2,(H,18,19);1H.